The van der Waals surface area contributed by atoms with E-state index in [1.807, 2.05) is 12.3 Å². The van der Waals surface area contributed by atoms with Gasteiger partial charge in [-0.25, -0.2) is 0 Å². The number of nitrogens with one attached hydrogen (secondary N) is 1. The number of rotatable bonds is 2. The molecule has 1 N–H and O–H groups in total. The SMILES string of the molecule is O=C1C=C(N2CCOCC2)CC2=C1CC=C2c1cc(Br)cc2[nH]ccc12. The van der Waals surface area contributed by atoms with E-state index < -0.39 is 0 Å². The topological polar surface area (TPSA) is 45.3 Å². The van der Waals surface area contributed by atoms with Crippen molar-refractivity contribution in [2.75, 3.05) is 26.3 Å². The number of nitrogens with zero attached hydrogens (tertiary/aromatic N) is 1. The third-order valence-electron chi connectivity index (χ3n) is 5.49. The molecule has 1 aromatic carbocycles. The maximum absolute atomic E-state index is 12.7. The van der Waals surface area contributed by atoms with Gasteiger partial charge in [-0.3, -0.25) is 4.79 Å². The number of hydrogen-bond donors (Lipinski definition) is 1. The summed E-state index contributed by atoms with van der Waals surface area (Å²) in [6.07, 6.45) is 7.58. The molecule has 0 saturated carbocycles. The molecule has 5 heteroatoms. The lowest BCUT2D eigenvalue weighted by molar-refractivity contribution is -0.111. The molecule has 0 bridgehead atoms. The summed E-state index contributed by atoms with van der Waals surface area (Å²) in [6.45, 7) is 3.19. The van der Waals surface area contributed by atoms with Crippen LogP contribution in [-0.4, -0.2) is 42.0 Å². The molecule has 5 rings (SSSR count). The summed E-state index contributed by atoms with van der Waals surface area (Å²) in [5, 5.41) is 1.20. The minimum absolute atomic E-state index is 0.166. The highest BCUT2D eigenvalue weighted by Gasteiger charge is 2.30. The molecule has 1 aliphatic heterocycles. The Balaban J connectivity index is 1.54. The summed E-state index contributed by atoms with van der Waals surface area (Å²) in [5.74, 6) is 0.166. The number of hydrogen-bond acceptors (Lipinski definition) is 3. The molecule has 1 saturated heterocycles. The van der Waals surface area contributed by atoms with Crippen molar-refractivity contribution in [2.24, 2.45) is 0 Å². The first-order valence-electron chi connectivity index (χ1n) is 8.98. The van der Waals surface area contributed by atoms with E-state index in [9.17, 15) is 4.79 Å². The quantitative estimate of drug-likeness (QED) is 0.806. The standard InChI is InChI=1S/C21H19BrN2O2/c22-13-9-18(16-3-4-23-20(16)10-13)15-1-2-17-19(15)11-14(12-21(17)25)24-5-7-26-8-6-24/h1,3-4,9-10,12,23H,2,5-8,11H2. The van der Waals surface area contributed by atoms with Gasteiger partial charge in [0, 0.05) is 58.4 Å². The number of H-pyrrole nitrogens is 1. The minimum atomic E-state index is 0.166. The van der Waals surface area contributed by atoms with Crippen molar-refractivity contribution in [3.63, 3.8) is 0 Å². The smallest absolute Gasteiger partial charge is 0.184 e. The molecule has 4 nitrogen and oxygen atoms in total. The lowest BCUT2D eigenvalue weighted by Crippen LogP contribution is -2.36. The molecular weight excluding hydrogens is 392 g/mol. The van der Waals surface area contributed by atoms with Crippen LogP contribution in [0.25, 0.3) is 16.5 Å². The van der Waals surface area contributed by atoms with Gasteiger partial charge >= 0.3 is 0 Å². The molecule has 1 fully saturated rings. The van der Waals surface area contributed by atoms with Crippen LogP contribution in [0.2, 0.25) is 0 Å². The normalized spacial score (nSPS) is 20.5. The largest absolute Gasteiger partial charge is 0.378 e. The Hall–Kier alpha value is -2.11. The van der Waals surface area contributed by atoms with Crippen LogP contribution >= 0.6 is 15.9 Å². The fourth-order valence-electron chi connectivity index (χ4n) is 4.22. The van der Waals surface area contributed by atoms with E-state index in [1.165, 1.54) is 22.1 Å². The second-order valence-electron chi connectivity index (χ2n) is 6.95. The first-order valence-corrected chi connectivity index (χ1v) is 9.77. The zero-order valence-electron chi connectivity index (χ0n) is 14.3. The van der Waals surface area contributed by atoms with Crippen LogP contribution in [0.3, 0.4) is 0 Å². The molecule has 2 aliphatic carbocycles. The van der Waals surface area contributed by atoms with Crippen molar-refractivity contribution >= 4 is 38.2 Å². The van der Waals surface area contributed by atoms with Crippen molar-refractivity contribution in [1.29, 1.82) is 0 Å². The molecule has 0 atom stereocenters. The van der Waals surface area contributed by atoms with Crippen molar-refractivity contribution in [2.45, 2.75) is 12.8 Å². The maximum atomic E-state index is 12.7. The monoisotopic (exact) mass is 410 g/mol. The highest BCUT2D eigenvalue weighted by molar-refractivity contribution is 9.10. The predicted octanol–water partition coefficient (Wildman–Crippen LogP) is 4.20. The first-order chi connectivity index (χ1) is 12.7. The molecule has 0 radical (unpaired) electrons. The van der Waals surface area contributed by atoms with Gasteiger partial charge in [0.05, 0.1) is 13.2 Å². The van der Waals surface area contributed by atoms with Gasteiger partial charge in [-0.1, -0.05) is 22.0 Å². The highest BCUT2D eigenvalue weighted by atomic mass is 79.9. The number of aromatic nitrogens is 1. The number of fused-ring (bicyclic) bond motifs is 1. The third kappa shape index (κ3) is 2.58. The number of morpholine rings is 1. The van der Waals surface area contributed by atoms with Crippen LogP contribution in [0.4, 0.5) is 0 Å². The van der Waals surface area contributed by atoms with E-state index in [-0.39, 0.29) is 5.78 Å². The van der Waals surface area contributed by atoms with Crippen molar-refractivity contribution in [3.05, 3.63) is 63.4 Å². The van der Waals surface area contributed by atoms with Crippen molar-refractivity contribution in [3.8, 4) is 0 Å². The van der Waals surface area contributed by atoms with Gasteiger partial charge in [-0.15, -0.1) is 0 Å². The van der Waals surface area contributed by atoms with E-state index in [4.69, 9.17) is 4.74 Å². The fourth-order valence-corrected chi connectivity index (χ4v) is 4.67. The number of carbonyl (C=O) groups excluding carboxylic acids is 1. The second-order valence-corrected chi connectivity index (χ2v) is 7.86. The predicted molar refractivity (Wildman–Crippen MR) is 106 cm³/mol. The van der Waals surface area contributed by atoms with Crippen molar-refractivity contribution in [1.82, 2.24) is 9.88 Å². The Kier molecular flexibility index (Phi) is 3.87. The van der Waals surface area contributed by atoms with E-state index in [0.717, 1.165) is 60.4 Å². The molecule has 2 aromatic rings. The van der Waals surface area contributed by atoms with Crippen LogP contribution in [-0.2, 0) is 9.53 Å². The summed E-state index contributed by atoms with van der Waals surface area (Å²) in [4.78, 5) is 18.3. The van der Waals surface area contributed by atoms with Gasteiger partial charge in [0.2, 0.25) is 0 Å². The summed E-state index contributed by atoms with van der Waals surface area (Å²) < 4.78 is 6.51. The number of benzene rings is 1. The molecule has 1 aromatic heterocycles. The van der Waals surface area contributed by atoms with E-state index in [0.29, 0.717) is 0 Å². The summed E-state index contributed by atoms with van der Waals surface area (Å²) in [7, 11) is 0. The van der Waals surface area contributed by atoms with Crippen LogP contribution in [0.5, 0.6) is 0 Å². The third-order valence-corrected chi connectivity index (χ3v) is 5.95. The lowest BCUT2D eigenvalue weighted by atomic mass is 9.88. The van der Waals surface area contributed by atoms with Crippen LogP contribution < -0.4 is 0 Å². The highest BCUT2D eigenvalue weighted by Crippen LogP contribution is 2.43. The summed E-state index contributed by atoms with van der Waals surface area (Å²) >= 11 is 3.63. The maximum Gasteiger partial charge on any atom is 0.184 e. The Bertz CT molecular complexity index is 1010. The molecule has 0 amide bonds. The molecule has 2 heterocycles. The molecule has 132 valence electrons. The number of halogens is 1. The van der Waals surface area contributed by atoms with Gasteiger partial charge in [0.1, 0.15) is 0 Å². The number of carbonyl (C=O) groups is 1. The van der Waals surface area contributed by atoms with E-state index >= 15 is 0 Å². The molecular formula is C21H19BrN2O2. The van der Waals surface area contributed by atoms with Gasteiger partial charge in [0.25, 0.3) is 0 Å². The van der Waals surface area contributed by atoms with Crippen LogP contribution in [0.1, 0.15) is 18.4 Å². The zero-order valence-corrected chi connectivity index (χ0v) is 15.9. The Morgan fingerprint density at radius 3 is 2.85 bits per heavy atom. The Labute approximate surface area is 160 Å². The number of ether oxygens (including phenoxy) is 1. The molecule has 3 aliphatic rings. The van der Waals surface area contributed by atoms with Gasteiger partial charge in [0.15, 0.2) is 5.78 Å². The zero-order chi connectivity index (χ0) is 17.7. The average molecular weight is 411 g/mol. The molecule has 0 spiro atoms. The Morgan fingerprint density at radius 1 is 1.15 bits per heavy atom. The van der Waals surface area contributed by atoms with Gasteiger partial charge < -0.3 is 14.6 Å². The molecule has 26 heavy (non-hydrogen) atoms. The number of aromatic amines is 1. The first kappa shape index (κ1) is 16.1. The van der Waals surface area contributed by atoms with Crippen LogP contribution in [0, 0.1) is 0 Å². The Morgan fingerprint density at radius 2 is 2.00 bits per heavy atom. The minimum Gasteiger partial charge on any atom is -0.378 e. The molecule has 0 unspecified atom stereocenters. The van der Waals surface area contributed by atoms with Gasteiger partial charge in [-0.2, -0.15) is 0 Å². The van der Waals surface area contributed by atoms with Gasteiger partial charge in [-0.05, 0) is 41.3 Å². The van der Waals surface area contributed by atoms with Crippen molar-refractivity contribution < 1.29 is 9.53 Å². The lowest BCUT2D eigenvalue weighted by Gasteiger charge is -2.33. The van der Waals surface area contributed by atoms with E-state index in [2.05, 4.69) is 50.1 Å². The number of ketones is 1. The van der Waals surface area contributed by atoms with E-state index in [1.54, 1.807) is 0 Å². The number of allylic oxidation sites excluding steroid dienone is 5. The second kappa shape index (κ2) is 6.25. The fraction of sp³-hybridized carbons (Fsp3) is 0.286. The summed E-state index contributed by atoms with van der Waals surface area (Å²) in [6, 6.07) is 6.36. The summed E-state index contributed by atoms with van der Waals surface area (Å²) in [5.41, 5.74) is 6.79. The van der Waals surface area contributed by atoms with Crippen LogP contribution in [0.15, 0.2) is 57.9 Å². The average Bonchev–Trinajstić information content (AvgIpc) is 3.28.